The minimum Gasteiger partial charge on any atom is -0.369 e. The van der Waals surface area contributed by atoms with Crippen LogP contribution in [0.25, 0.3) is 0 Å². The molecule has 12 heteroatoms. The van der Waals surface area contributed by atoms with E-state index in [0.717, 1.165) is 38.7 Å². The van der Waals surface area contributed by atoms with Gasteiger partial charge in [-0.05, 0) is 61.8 Å². The highest BCUT2D eigenvalue weighted by Crippen LogP contribution is 2.63. The van der Waals surface area contributed by atoms with Crippen molar-refractivity contribution in [2.45, 2.75) is 57.6 Å². The van der Waals surface area contributed by atoms with E-state index in [-0.39, 0.29) is 12.0 Å². The minimum absolute atomic E-state index is 0.197. The van der Waals surface area contributed by atoms with Gasteiger partial charge in [0.25, 0.3) is 0 Å². The van der Waals surface area contributed by atoms with Crippen molar-refractivity contribution in [3.8, 4) is 0 Å². The number of imide groups is 1. The van der Waals surface area contributed by atoms with Crippen LogP contribution in [0.4, 0.5) is 26.3 Å². The van der Waals surface area contributed by atoms with Gasteiger partial charge >= 0.3 is 12.4 Å². The molecule has 1 N–H and O–H groups in total. The summed E-state index contributed by atoms with van der Waals surface area (Å²) in [4.78, 5) is 41.2. The van der Waals surface area contributed by atoms with Gasteiger partial charge in [-0.25, -0.2) is 0 Å². The third kappa shape index (κ3) is 4.87. The number of likely N-dealkylation sites (tertiary alicyclic amines) is 2. The first-order chi connectivity index (χ1) is 21.6. The number of carbonyl (C=O) groups excluding carboxylic acids is 3. The van der Waals surface area contributed by atoms with Gasteiger partial charge in [0.1, 0.15) is 0 Å². The topological polar surface area (TPSA) is 77.9 Å². The predicted molar refractivity (Wildman–Crippen MR) is 154 cm³/mol. The van der Waals surface area contributed by atoms with Gasteiger partial charge in [-0.1, -0.05) is 65.8 Å². The summed E-state index contributed by atoms with van der Waals surface area (Å²) < 4.78 is 89.9. The molecule has 3 amide bonds. The van der Waals surface area contributed by atoms with Gasteiger partial charge in [-0.2, -0.15) is 26.3 Å². The normalized spacial score (nSPS) is 28.5. The van der Waals surface area contributed by atoms with E-state index in [0.29, 0.717) is 37.1 Å². The Balaban J connectivity index is 1.34. The van der Waals surface area contributed by atoms with Crippen molar-refractivity contribution in [1.29, 1.82) is 0 Å². The zero-order chi connectivity index (χ0) is 33.3. The van der Waals surface area contributed by atoms with Crippen molar-refractivity contribution in [1.82, 2.24) is 9.80 Å². The first-order valence-corrected chi connectivity index (χ1v) is 15.1. The molecule has 5 atom stereocenters. The minimum atomic E-state index is -5.88. The number of fused-ring (bicyclic) bond motifs is 2. The van der Waals surface area contributed by atoms with Crippen LogP contribution in [0.3, 0.4) is 0 Å². The second-order valence-corrected chi connectivity index (χ2v) is 12.7. The van der Waals surface area contributed by atoms with Crippen molar-refractivity contribution >= 4 is 17.7 Å². The smallest absolute Gasteiger partial charge is 0.369 e. The first kappa shape index (κ1) is 32.0. The Hall–Kier alpha value is -3.93. The van der Waals surface area contributed by atoms with Crippen molar-refractivity contribution in [3.63, 3.8) is 0 Å². The number of amides is 3. The molecule has 0 radical (unpaired) electrons. The van der Waals surface area contributed by atoms with Gasteiger partial charge in [0.15, 0.2) is 11.6 Å². The van der Waals surface area contributed by atoms with Crippen molar-refractivity contribution in [2.24, 2.45) is 29.1 Å². The largest absolute Gasteiger partial charge is 0.407 e. The molecule has 2 aliphatic heterocycles. The Bertz CT molecular complexity index is 1620. The molecule has 0 bridgehead atoms. The number of aliphatic hydroxyl groups excluding tert-OH is 1. The van der Waals surface area contributed by atoms with Crippen molar-refractivity contribution in [3.05, 3.63) is 94.3 Å². The van der Waals surface area contributed by atoms with E-state index in [9.17, 15) is 45.8 Å². The van der Waals surface area contributed by atoms with Gasteiger partial charge < -0.3 is 10.0 Å². The van der Waals surface area contributed by atoms with E-state index in [1.165, 1.54) is 7.05 Å². The van der Waals surface area contributed by atoms with Crippen molar-refractivity contribution in [2.75, 3.05) is 7.05 Å². The molecule has 2 heterocycles. The van der Waals surface area contributed by atoms with Crippen LogP contribution in [0.5, 0.6) is 0 Å². The molecule has 1 aromatic carbocycles. The number of carbonyl (C=O) groups is 3. The van der Waals surface area contributed by atoms with Gasteiger partial charge in [0, 0.05) is 18.7 Å². The lowest BCUT2D eigenvalue weighted by atomic mass is 9.61. The van der Waals surface area contributed by atoms with Crippen LogP contribution < -0.4 is 0 Å². The zero-order valence-electron chi connectivity index (χ0n) is 25.0. The lowest BCUT2D eigenvalue weighted by molar-refractivity contribution is -0.338. The molecule has 3 aliphatic carbocycles. The van der Waals surface area contributed by atoms with Gasteiger partial charge in [0.05, 0.1) is 17.8 Å². The lowest BCUT2D eigenvalue weighted by Gasteiger charge is -2.45. The molecule has 46 heavy (non-hydrogen) atoms. The van der Waals surface area contributed by atoms with Crippen LogP contribution >= 0.6 is 0 Å². The van der Waals surface area contributed by atoms with Crippen LogP contribution in [0.15, 0.2) is 83.1 Å². The lowest BCUT2D eigenvalue weighted by Crippen LogP contribution is -2.56. The maximum Gasteiger partial charge on any atom is 0.407 e. The summed E-state index contributed by atoms with van der Waals surface area (Å²) in [6.07, 6.45) is -6.44. The third-order valence-electron chi connectivity index (χ3n) is 10.1. The Morgan fingerprint density at radius 2 is 1.50 bits per heavy atom. The second-order valence-electron chi connectivity index (χ2n) is 12.7. The monoisotopic (exact) mass is 646 g/mol. The highest BCUT2D eigenvalue weighted by molar-refractivity contribution is 6.09. The molecule has 0 saturated carbocycles. The number of benzene rings is 1. The second kappa shape index (κ2) is 11.1. The quantitative estimate of drug-likeness (QED) is 0.239. The van der Waals surface area contributed by atoms with E-state index in [2.05, 4.69) is 0 Å². The summed E-state index contributed by atoms with van der Waals surface area (Å²) >= 11 is 0. The van der Waals surface area contributed by atoms with E-state index in [1.54, 1.807) is 12.2 Å². The maximum atomic E-state index is 15.0. The highest BCUT2D eigenvalue weighted by Gasteiger charge is 2.75. The molecule has 2 fully saturated rings. The summed E-state index contributed by atoms with van der Waals surface area (Å²) in [7, 11) is 1.23. The number of aliphatic hydroxyl groups is 1. The van der Waals surface area contributed by atoms with Crippen LogP contribution in [0.2, 0.25) is 0 Å². The Morgan fingerprint density at radius 1 is 0.848 bits per heavy atom. The van der Waals surface area contributed by atoms with E-state index < -0.39 is 77.4 Å². The van der Waals surface area contributed by atoms with Gasteiger partial charge in [0.2, 0.25) is 17.7 Å². The van der Waals surface area contributed by atoms with Crippen LogP contribution in [0, 0.1) is 36.0 Å². The van der Waals surface area contributed by atoms with Gasteiger partial charge in [-0.3, -0.25) is 19.3 Å². The van der Waals surface area contributed by atoms with Crippen LogP contribution in [0.1, 0.15) is 36.8 Å². The van der Waals surface area contributed by atoms with E-state index >= 15 is 0 Å². The number of aryl methyl sites for hydroxylation is 1. The average Bonchev–Trinajstić information content (AvgIpc) is 3.37. The summed E-state index contributed by atoms with van der Waals surface area (Å²) in [5, 5.41) is 10.5. The zero-order valence-corrected chi connectivity index (χ0v) is 25.0. The fourth-order valence-electron chi connectivity index (χ4n) is 7.60. The number of halogens is 6. The summed E-state index contributed by atoms with van der Waals surface area (Å²) in [6.45, 7) is 1.98. The Kier molecular flexibility index (Phi) is 7.73. The first-order valence-electron chi connectivity index (χ1n) is 15.1. The molecule has 0 spiro atoms. The summed E-state index contributed by atoms with van der Waals surface area (Å²) in [5.41, 5.74) is -2.23. The predicted octanol–water partition coefficient (Wildman–Crippen LogP) is 6.09. The Morgan fingerprint density at radius 3 is 2.11 bits per heavy atom. The molecule has 2 saturated heterocycles. The number of hydrogen-bond acceptors (Lipinski definition) is 4. The molecule has 1 aromatic rings. The molecular weight excluding hydrogens is 614 g/mol. The molecule has 5 unspecified atom stereocenters. The number of allylic oxidation sites excluding steroid dienone is 7. The van der Waals surface area contributed by atoms with Gasteiger partial charge in [-0.15, -0.1) is 0 Å². The van der Waals surface area contributed by atoms with Crippen molar-refractivity contribution < 1.29 is 45.8 Å². The number of alkyl halides is 6. The van der Waals surface area contributed by atoms with E-state index in [1.807, 2.05) is 31.2 Å². The number of rotatable bonds is 5. The molecular formula is C34H32F6N2O4. The fraction of sp³-hybridized carbons (Fsp3) is 0.441. The fourth-order valence-corrected chi connectivity index (χ4v) is 7.60. The number of hydrogen-bond donors (Lipinski definition) is 1. The molecule has 0 aromatic heterocycles. The van der Waals surface area contributed by atoms with E-state index in [4.69, 9.17) is 0 Å². The maximum absolute atomic E-state index is 15.0. The summed E-state index contributed by atoms with van der Waals surface area (Å²) in [6, 6.07) is 7.98. The molecule has 244 valence electrons. The molecule has 6 rings (SSSR count). The Labute approximate surface area is 261 Å². The highest BCUT2D eigenvalue weighted by atomic mass is 19.4. The molecule has 5 aliphatic rings. The number of likely N-dealkylation sites (N-methyl/N-ethyl adjacent to an activating group) is 1. The summed E-state index contributed by atoms with van der Waals surface area (Å²) in [5.74, 6) is -8.18. The average molecular weight is 647 g/mol. The standard InChI is InChI=1S/C34H32F6N2O4/c1-18-3-5-19(6-4-18)15-20-7-11-23(12-8-20)42-30(45)25-14-10-22(17-27(25)31(42)46)32(33(35,36)37,34(38,39)40)21-9-13-24-26(16-21)29(44)41(2)28(24)43/h3-7,10-11,14,16-17,21,24-25,27,29,44H,8-9,12-13,15H2,1-2H3. The third-order valence-corrected chi connectivity index (χ3v) is 10.1. The SMILES string of the molecule is Cc1ccc(CC2=CC=C(N3C(=O)C4C=CC(C(C5C=C6C(CC5)C(=O)N(C)C6O)(C(F)(F)F)C(F)(F)F)=CC4C3=O)CC2)cc1. The van der Waals surface area contributed by atoms with Crippen LogP contribution in [-0.4, -0.2) is 58.3 Å². The number of nitrogens with zero attached hydrogens (tertiary/aromatic N) is 2. The molecule has 6 nitrogen and oxygen atoms in total. The van der Waals surface area contributed by atoms with Crippen LogP contribution in [-0.2, 0) is 20.8 Å².